The van der Waals surface area contributed by atoms with Gasteiger partial charge < -0.3 is 15.0 Å². The standard InChI is InChI=1S/C14H17BrN2O2/c1-9-14(18)16-12-3-2-10(15)8-13(12)17(9)11-4-6-19-7-5-11/h2-3,8-9,11H,4-7H2,1H3,(H,16,18)/t9-/m1/s1. The highest BCUT2D eigenvalue weighted by Gasteiger charge is 2.34. The molecule has 0 saturated carbocycles. The van der Waals surface area contributed by atoms with Crippen molar-refractivity contribution >= 4 is 33.2 Å². The predicted octanol–water partition coefficient (Wildman–Crippen LogP) is 2.78. The number of nitrogens with zero attached hydrogens (tertiary/aromatic N) is 1. The van der Waals surface area contributed by atoms with E-state index in [-0.39, 0.29) is 11.9 Å². The maximum Gasteiger partial charge on any atom is 0.246 e. The molecule has 1 aromatic carbocycles. The van der Waals surface area contributed by atoms with Crippen molar-refractivity contribution in [3.05, 3.63) is 22.7 Å². The molecule has 102 valence electrons. The first-order chi connectivity index (χ1) is 9.16. The first-order valence-corrected chi connectivity index (χ1v) is 7.42. The number of anilines is 2. The Balaban J connectivity index is 2.01. The number of nitrogens with one attached hydrogen (secondary N) is 1. The van der Waals surface area contributed by atoms with Crippen LogP contribution in [0.3, 0.4) is 0 Å². The van der Waals surface area contributed by atoms with Crippen molar-refractivity contribution in [1.82, 2.24) is 0 Å². The summed E-state index contributed by atoms with van der Waals surface area (Å²) in [5, 5.41) is 2.97. The van der Waals surface area contributed by atoms with Gasteiger partial charge in [0.25, 0.3) is 0 Å². The molecule has 0 aromatic heterocycles. The van der Waals surface area contributed by atoms with Gasteiger partial charge in [-0.25, -0.2) is 0 Å². The van der Waals surface area contributed by atoms with Gasteiger partial charge in [-0.2, -0.15) is 0 Å². The highest BCUT2D eigenvalue weighted by molar-refractivity contribution is 9.10. The Morgan fingerprint density at radius 1 is 1.37 bits per heavy atom. The average molecular weight is 325 g/mol. The lowest BCUT2D eigenvalue weighted by Crippen LogP contribution is -2.52. The third-order valence-electron chi connectivity index (χ3n) is 3.88. The van der Waals surface area contributed by atoms with Crippen molar-refractivity contribution in [2.45, 2.75) is 31.8 Å². The van der Waals surface area contributed by atoms with Crippen LogP contribution in [0.4, 0.5) is 11.4 Å². The summed E-state index contributed by atoms with van der Waals surface area (Å²) in [6, 6.07) is 6.24. The fourth-order valence-corrected chi connectivity index (χ4v) is 3.22. The molecule has 3 rings (SSSR count). The van der Waals surface area contributed by atoms with Gasteiger partial charge in [-0.15, -0.1) is 0 Å². The second-order valence-corrected chi connectivity index (χ2v) is 5.99. The van der Waals surface area contributed by atoms with Gasteiger partial charge in [0.2, 0.25) is 5.91 Å². The summed E-state index contributed by atoms with van der Waals surface area (Å²) in [5.74, 6) is 0.0707. The van der Waals surface area contributed by atoms with Crippen LogP contribution in [0.1, 0.15) is 19.8 Å². The number of benzene rings is 1. The number of amides is 1. The Morgan fingerprint density at radius 2 is 2.11 bits per heavy atom. The molecule has 0 unspecified atom stereocenters. The second-order valence-electron chi connectivity index (χ2n) is 5.08. The van der Waals surface area contributed by atoms with Crippen LogP contribution >= 0.6 is 15.9 Å². The molecule has 0 aliphatic carbocycles. The van der Waals surface area contributed by atoms with Gasteiger partial charge in [0.15, 0.2) is 0 Å². The lowest BCUT2D eigenvalue weighted by molar-refractivity contribution is -0.117. The smallest absolute Gasteiger partial charge is 0.246 e. The summed E-state index contributed by atoms with van der Waals surface area (Å²) in [5.41, 5.74) is 2.01. The zero-order valence-electron chi connectivity index (χ0n) is 10.9. The Hall–Kier alpha value is -1.07. The topological polar surface area (TPSA) is 41.6 Å². The molecular formula is C14H17BrN2O2. The van der Waals surface area contributed by atoms with Gasteiger partial charge in [0, 0.05) is 23.7 Å². The van der Waals surface area contributed by atoms with E-state index in [9.17, 15) is 4.79 Å². The molecular weight excluding hydrogens is 308 g/mol. The molecule has 0 bridgehead atoms. The van der Waals surface area contributed by atoms with Gasteiger partial charge in [-0.05, 0) is 38.0 Å². The van der Waals surface area contributed by atoms with E-state index in [1.165, 1.54) is 0 Å². The third kappa shape index (κ3) is 2.37. The lowest BCUT2D eigenvalue weighted by atomic mass is 10.0. The summed E-state index contributed by atoms with van der Waals surface area (Å²) in [6.07, 6.45) is 1.95. The van der Waals surface area contributed by atoms with Crippen LogP contribution in [0, 0.1) is 0 Å². The summed E-state index contributed by atoms with van der Waals surface area (Å²) >= 11 is 3.51. The minimum atomic E-state index is -0.134. The zero-order valence-corrected chi connectivity index (χ0v) is 12.4. The molecule has 1 amide bonds. The van der Waals surface area contributed by atoms with Crippen LogP contribution in [-0.4, -0.2) is 31.2 Å². The van der Waals surface area contributed by atoms with Crippen molar-refractivity contribution in [2.24, 2.45) is 0 Å². The van der Waals surface area contributed by atoms with Crippen LogP contribution in [-0.2, 0) is 9.53 Å². The molecule has 1 saturated heterocycles. The Morgan fingerprint density at radius 3 is 2.84 bits per heavy atom. The van der Waals surface area contributed by atoms with Gasteiger partial charge in [-0.3, -0.25) is 4.79 Å². The fraction of sp³-hybridized carbons (Fsp3) is 0.500. The number of rotatable bonds is 1. The number of carbonyl (C=O) groups excluding carboxylic acids is 1. The third-order valence-corrected chi connectivity index (χ3v) is 4.37. The van der Waals surface area contributed by atoms with Crippen LogP contribution < -0.4 is 10.2 Å². The van der Waals surface area contributed by atoms with Crippen LogP contribution in [0.15, 0.2) is 22.7 Å². The van der Waals surface area contributed by atoms with E-state index >= 15 is 0 Å². The molecule has 0 spiro atoms. The van der Waals surface area contributed by atoms with E-state index in [2.05, 4.69) is 32.2 Å². The minimum Gasteiger partial charge on any atom is -0.381 e. The molecule has 1 fully saturated rings. The van der Waals surface area contributed by atoms with Gasteiger partial charge >= 0.3 is 0 Å². The first-order valence-electron chi connectivity index (χ1n) is 6.63. The Labute approximate surface area is 121 Å². The van der Waals surface area contributed by atoms with Crippen molar-refractivity contribution < 1.29 is 9.53 Å². The van der Waals surface area contributed by atoms with Gasteiger partial charge in [0.05, 0.1) is 11.4 Å². The molecule has 19 heavy (non-hydrogen) atoms. The second kappa shape index (κ2) is 5.13. The number of halogens is 1. The minimum absolute atomic E-state index is 0.0707. The van der Waals surface area contributed by atoms with E-state index in [1.54, 1.807) is 0 Å². The molecule has 1 N–H and O–H groups in total. The summed E-state index contributed by atoms with van der Waals surface area (Å²) in [6.45, 7) is 3.52. The highest BCUT2D eigenvalue weighted by Crippen LogP contribution is 2.37. The average Bonchev–Trinajstić information content (AvgIpc) is 2.42. The van der Waals surface area contributed by atoms with E-state index in [0.717, 1.165) is 41.9 Å². The normalized spacial score (nSPS) is 24.0. The fourth-order valence-electron chi connectivity index (χ4n) is 2.87. The molecule has 2 aliphatic rings. The maximum atomic E-state index is 12.1. The lowest BCUT2D eigenvalue weighted by Gasteiger charge is -2.43. The van der Waals surface area contributed by atoms with Crippen LogP contribution in [0.5, 0.6) is 0 Å². The predicted molar refractivity (Wildman–Crippen MR) is 78.6 cm³/mol. The van der Waals surface area contributed by atoms with Gasteiger partial charge in [-0.1, -0.05) is 15.9 Å². The van der Waals surface area contributed by atoms with Crippen molar-refractivity contribution in [3.63, 3.8) is 0 Å². The number of hydrogen-bond acceptors (Lipinski definition) is 3. The van der Waals surface area contributed by atoms with Crippen molar-refractivity contribution in [2.75, 3.05) is 23.4 Å². The first kappa shape index (κ1) is 12.9. The molecule has 2 aliphatic heterocycles. The summed E-state index contributed by atoms with van der Waals surface area (Å²) < 4.78 is 6.46. The largest absolute Gasteiger partial charge is 0.381 e. The Bertz CT molecular complexity index is 500. The maximum absolute atomic E-state index is 12.1. The Kier molecular flexibility index (Phi) is 3.50. The van der Waals surface area contributed by atoms with Gasteiger partial charge in [0.1, 0.15) is 6.04 Å². The molecule has 5 heteroatoms. The van der Waals surface area contributed by atoms with E-state index in [4.69, 9.17) is 4.74 Å². The summed E-state index contributed by atoms with van der Waals surface area (Å²) in [7, 11) is 0. The molecule has 4 nitrogen and oxygen atoms in total. The number of fused-ring (bicyclic) bond motifs is 1. The van der Waals surface area contributed by atoms with Crippen LogP contribution in [0.2, 0.25) is 0 Å². The monoisotopic (exact) mass is 324 g/mol. The highest BCUT2D eigenvalue weighted by atomic mass is 79.9. The van der Waals surface area contributed by atoms with Crippen molar-refractivity contribution in [3.8, 4) is 0 Å². The number of hydrogen-bond donors (Lipinski definition) is 1. The molecule has 1 aromatic rings. The number of ether oxygens (including phenoxy) is 1. The quantitative estimate of drug-likeness (QED) is 0.863. The summed E-state index contributed by atoms with van der Waals surface area (Å²) in [4.78, 5) is 14.4. The number of carbonyl (C=O) groups is 1. The van der Waals surface area contributed by atoms with E-state index in [1.807, 2.05) is 19.1 Å². The van der Waals surface area contributed by atoms with Crippen LogP contribution in [0.25, 0.3) is 0 Å². The van der Waals surface area contributed by atoms with E-state index in [0.29, 0.717) is 6.04 Å². The molecule has 1 atom stereocenters. The SMILES string of the molecule is C[C@@H]1C(=O)Nc2ccc(Br)cc2N1C1CCOCC1. The zero-order chi connectivity index (χ0) is 13.4. The molecule has 0 radical (unpaired) electrons. The van der Waals surface area contributed by atoms with E-state index < -0.39 is 0 Å². The molecule has 2 heterocycles. The van der Waals surface area contributed by atoms with Crippen molar-refractivity contribution in [1.29, 1.82) is 0 Å².